The molecule has 1 saturated heterocycles. The Morgan fingerprint density at radius 2 is 2.00 bits per heavy atom. The van der Waals surface area contributed by atoms with Crippen LogP contribution in [0.1, 0.15) is 18.9 Å². The van der Waals surface area contributed by atoms with Gasteiger partial charge in [0.25, 0.3) is 0 Å². The first-order valence-corrected chi connectivity index (χ1v) is 6.67. The first-order chi connectivity index (χ1) is 9.74. The maximum atomic E-state index is 10.9. The van der Waals surface area contributed by atoms with Gasteiger partial charge in [-0.15, -0.1) is 0 Å². The van der Waals surface area contributed by atoms with E-state index >= 15 is 0 Å². The summed E-state index contributed by atoms with van der Waals surface area (Å²) in [7, 11) is 0. The van der Waals surface area contributed by atoms with Crippen LogP contribution in [-0.2, 0) is 0 Å². The molecule has 0 unspecified atom stereocenters. The fraction of sp³-hybridized carbons (Fsp3) is 0.357. The fourth-order valence-electron chi connectivity index (χ4n) is 2.54. The molecule has 3 heterocycles. The zero-order valence-corrected chi connectivity index (χ0v) is 11.0. The van der Waals surface area contributed by atoms with Gasteiger partial charge in [-0.1, -0.05) is 6.07 Å². The van der Waals surface area contributed by atoms with Gasteiger partial charge in [0.2, 0.25) is 0 Å². The summed E-state index contributed by atoms with van der Waals surface area (Å²) in [5.74, 6) is 0. The van der Waals surface area contributed by atoms with Gasteiger partial charge in [0.1, 0.15) is 5.69 Å². The van der Waals surface area contributed by atoms with Crippen molar-refractivity contribution in [1.82, 2.24) is 19.4 Å². The SMILES string of the molecule is O=C(O)N1CCC(n2cnc(-c3ccccn3)c2)CC1. The zero-order valence-electron chi connectivity index (χ0n) is 11.0. The lowest BCUT2D eigenvalue weighted by atomic mass is 10.1. The van der Waals surface area contributed by atoms with E-state index in [0.29, 0.717) is 19.1 Å². The van der Waals surface area contributed by atoms with Crippen LogP contribution in [-0.4, -0.2) is 43.7 Å². The molecule has 20 heavy (non-hydrogen) atoms. The molecule has 0 bridgehead atoms. The summed E-state index contributed by atoms with van der Waals surface area (Å²) >= 11 is 0. The van der Waals surface area contributed by atoms with E-state index < -0.39 is 6.09 Å². The summed E-state index contributed by atoms with van der Waals surface area (Å²) in [5, 5.41) is 8.95. The lowest BCUT2D eigenvalue weighted by Crippen LogP contribution is -2.37. The van der Waals surface area contributed by atoms with Crippen LogP contribution < -0.4 is 0 Å². The minimum absolute atomic E-state index is 0.315. The molecule has 6 heteroatoms. The van der Waals surface area contributed by atoms with Gasteiger partial charge in [0, 0.05) is 31.5 Å². The Morgan fingerprint density at radius 3 is 2.65 bits per heavy atom. The van der Waals surface area contributed by atoms with Crippen LogP contribution in [0.15, 0.2) is 36.9 Å². The van der Waals surface area contributed by atoms with Crippen LogP contribution in [0.4, 0.5) is 4.79 Å². The summed E-state index contributed by atoms with van der Waals surface area (Å²) in [6, 6.07) is 6.06. The molecule has 3 rings (SSSR count). The molecule has 104 valence electrons. The number of rotatable bonds is 2. The lowest BCUT2D eigenvalue weighted by Gasteiger charge is -2.30. The lowest BCUT2D eigenvalue weighted by molar-refractivity contribution is 0.125. The normalized spacial score (nSPS) is 16.3. The van der Waals surface area contributed by atoms with E-state index in [2.05, 4.69) is 14.5 Å². The second-order valence-corrected chi connectivity index (χ2v) is 4.92. The van der Waals surface area contributed by atoms with Crippen molar-refractivity contribution < 1.29 is 9.90 Å². The highest BCUT2D eigenvalue weighted by molar-refractivity contribution is 5.65. The molecule has 1 aliphatic rings. The smallest absolute Gasteiger partial charge is 0.407 e. The number of aromatic nitrogens is 3. The van der Waals surface area contributed by atoms with Gasteiger partial charge in [-0.3, -0.25) is 4.98 Å². The highest BCUT2D eigenvalue weighted by atomic mass is 16.4. The molecule has 6 nitrogen and oxygen atoms in total. The second kappa shape index (κ2) is 5.32. The van der Waals surface area contributed by atoms with Gasteiger partial charge < -0.3 is 14.6 Å². The van der Waals surface area contributed by atoms with Crippen molar-refractivity contribution in [2.75, 3.05) is 13.1 Å². The number of hydrogen-bond acceptors (Lipinski definition) is 3. The van der Waals surface area contributed by atoms with Crippen molar-refractivity contribution in [1.29, 1.82) is 0 Å². The van der Waals surface area contributed by atoms with Crippen LogP contribution in [0.25, 0.3) is 11.4 Å². The van der Waals surface area contributed by atoms with Crippen molar-refractivity contribution in [3.8, 4) is 11.4 Å². The number of likely N-dealkylation sites (tertiary alicyclic amines) is 1. The number of hydrogen-bond donors (Lipinski definition) is 1. The fourth-order valence-corrected chi connectivity index (χ4v) is 2.54. The molecule has 2 aromatic heterocycles. The molecular weight excluding hydrogens is 256 g/mol. The third-order valence-corrected chi connectivity index (χ3v) is 3.69. The van der Waals surface area contributed by atoms with Gasteiger partial charge in [-0.2, -0.15) is 0 Å². The van der Waals surface area contributed by atoms with Crippen molar-refractivity contribution in [3.63, 3.8) is 0 Å². The van der Waals surface area contributed by atoms with E-state index in [1.165, 1.54) is 4.90 Å². The zero-order chi connectivity index (χ0) is 13.9. The number of nitrogens with zero attached hydrogens (tertiary/aromatic N) is 4. The maximum absolute atomic E-state index is 10.9. The first kappa shape index (κ1) is 12.7. The van der Waals surface area contributed by atoms with Crippen LogP contribution in [0.2, 0.25) is 0 Å². The van der Waals surface area contributed by atoms with Crippen LogP contribution >= 0.6 is 0 Å². The standard InChI is InChI=1S/C14H16N4O2/c19-14(20)17-7-4-11(5-8-17)18-9-13(16-10-18)12-3-1-2-6-15-12/h1-3,6,9-11H,4-5,7-8H2,(H,19,20). The second-order valence-electron chi connectivity index (χ2n) is 4.92. The first-order valence-electron chi connectivity index (χ1n) is 6.67. The van der Waals surface area contributed by atoms with E-state index in [4.69, 9.17) is 5.11 Å². The number of piperidine rings is 1. The molecule has 1 fully saturated rings. The van der Waals surface area contributed by atoms with E-state index in [9.17, 15) is 4.79 Å². The molecular formula is C14H16N4O2. The molecule has 2 aromatic rings. The van der Waals surface area contributed by atoms with Crippen molar-refractivity contribution in [2.45, 2.75) is 18.9 Å². The average Bonchev–Trinajstić information content (AvgIpc) is 2.98. The Kier molecular flexibility index (Phi) is 3.37. The van der Waals surface area contributed by atoms with Crippen LogP contribution in [0.3, 0.4) is 0 Å². The molecule has 1 aliphatic heterocycles. The Labute approximate surface area is 116 Å². The van der Waals surface area contributed by atoms with E-state index in [-0.39, 0.29) is 0 Å². The third-order valence-electron chi connectivity index (χ3n) is 3.69. The minimum Gasteiger partial charge on any atom is -0.465 e. The minimum atomic E-state index is -0.830. The van der Waals surface area contributed by atoms with Crippen molar-refractivity contribution in [3.05, 3.63) is 36.9 Å². The number of amides is 1. The number of carboxylic acid groups (broad SMARTS) is 1. The van der Waals surface area contributed by atoms with Gasteiger partial charge in [0.05, 0.1) is 12.0 Å². The quantitative estimate of drug-likeness (QED) is 0.910. The monoisotopic (exact) mass is 272 g/mol. The Morgan fingerprint density at radius 1 is 1.20 bits per heavy atom. The van der Waals surface area contributed by atoms with Gasteiger partial charge in [-0.25, -0.2) is 9.78 Å². The third kappa shape index (κ3) is 2.49. The Balaban J connectivity index is 1.71. The van der Waals surface area contributed by atoms with E-state index in [1.807, 2.05) is 30.7 Å². The molecule has 1 N–H and O–H groups in total. The highest BCUT2D eigenvalue weighted by Gasteiger charge is 2.23. The summed E-state index contributed by atoms with van der Waals surface area (Å²) in [5.41, 5.74) is 1.71. The van der Waals surface area contributed by atoms with Gasteiger partial charge >= 0.3 is 6.09 Å². The molecule has 0 aromatic carbocycles. The molecule has 0 atom stereocenters. The number of pyridine rings is 1. The topological polar surface area (TPSA) is 71.2 Å². The molecule has 1 amide bonds. The summed E-state index contributed by atoms with van der Waals surface area (Å²) < 4.78 is 2.07. The largest absolute Gasteiger partial charge is 0.465 e. The maximum Gasteiger partial charge on any atom is 0.407 e. The van der Waals surface area contributed by atoms with E-state index in [1.54, 1.807) is 6.20 Å². The highest BCUT2D eigenvalue weighted by Crippen LogP contribution is 2.24. The Bertz CT molecular complexity index is 588. The van der Waals surface area contributed by atoms with E-state index in [0.717, 1.165) is 24.2 Å². The Hall–Kier alpha value is -2.37. The summed E-state index contributed by atoms with van der Waals surface area (Å²) in [6.45, 7) is 1.16. The van der Waals surface area contributed by atoms with Crippen LogP contribution in [0, 0.1) is 0 Å². The van der Waals surface area contributed by atoms with Gasteiger partial charge in [-0.05, 0) is 25.0 Å². The summed E-state index contributed by atoms with van der Waals surface area (Å²) in [6.07, 6.45) is 6.37. The predicted molar refractivity (Wildman–Crippen MR) is 73.3 cm³/mol. The molecule has 0 saturated carbocycles. The summed E-state index contributed by atoms with van der Waals surface area (Å²) in [4.78, 5) is 21.0. The molecule has 0 aliphatic carbocycles. The predicted octanol–water partition coefficient (Wildman–Crippen LogP) is 2.26. The van der Waals surface area contributed by atoms with Crippen molar-refractivity contribution >= 4 is 6.09 Å². The number of carbonyl (C=O) groups is 1. The average molecular weight is 272 g/mol. The van der Waals surface area contributed by atoms with Crippen LogP contribution in [0.5, 0.6) is 0 Å². The number of imidazole rings is 1. The van der Waals surface area contributed by atoms with Gasteiger partial charge in [0.15, 0.2) is 0 Å². The van der Waals surface area contributed by atoms with Crippen molar-refractivity contribution in [2.24, 2.45) is 0 Å². The molecule has 0 radical (unpaired) electrons. The molecule has 0 spiro atoms.